The van der Waals surface area contributed by atoms with Crippen molar-refractivity contribution in [3.63, 3.8) is 0 Å². The first-order valence-electron chi connectivity index (χ1n) is 4.99. The number of aromatic nitrogens is 2. The zero-order chi connectivity index (χ0) is 11.0. The Hall–Kier alpha value is -2.17. The Morgan fingerprint density at radius 1 is 1.31 bits per heavy atom. The van der Waals surface area contributed by atoms with E-state index in [0.717, 1.165) is 11.0 Å². The highest BCUT2D eigenvalue weighted by Crippen LogP contribution is 2.19. The van der Waals surface area contributed by atoms with Gasteiger partial charge < -0.3 is 10.1 Å². The molecule has 2 aromatic rings. The predicted octanol–water partition coefficient (Wildman–Crippen LogP) is 1.41. The lowest BCUT2D eigenvalue weighted by molar-refractivity contribution is 0.139. The number of ether oxygens (including phenoxy) is 1. The molecule has 2 heterocycles. The molecule has 1 aromatic carbocycles. The highest BCUT2D eigenvalue weighted by molar-refractivity contribution is 5.74. The first-order valence-corrected chi connectivity index (χ1v) is 4.99. The highest BCUT2D eigenvalue weighted by atomic mass is 16.6. The average Bonchev–Trinajstić information content (AvgIpc) is 2.75. The van der Waals surface area contributed by atoms with Crippen molar-refractivity contribution >= 4 is 17.1 Å². The number of benzene rings is 1. The fourth-order valence-corrected chi connectivity index (χ4v) is 1.68. The molecule has 0 aliphatic carbocycles. The van der Waals surface area contributed by atoms with Gasteiger partial charge in [0.25, 0.3) is 0 Å². The lowest BCUT2D eigenvalue weighted by Crippen LogP contribution is -2.12. The van der Waals surface area contributed by atoms with Crippen LogP contribution in [0.25, 0.3) is 11.0 Å². The van der Waals surface area contributed by atoms with E-state index in [1.54, 1.807) is 6.20 Å². The maximum Gasteiger partial charge on any atom is 0.408 e. The van der Waals surface area contributed by atoms with Gasteiger partial charge in [0.1, 0.15) is 5.69 Å². The summed E-state index contributed by atoms with van der Waals surface area (Å²) in [6.45, 7) is 0.450. The number of rotatable bonds is 1. The summed E-state index contributed by atoms with van der Waals surface area (Å²) in [5, 5.41) is 2.59. The van der Waals surface area contributed by atoms with Crippen molar-refractivity contribution in [2.75, 3.05) is 6.54 Å². The van der Waals surface area contributed by atoms with Crippen LogP contribution in [0.3, 0.4) is 0 Å². The number of carbonyl (C=O) groups excluding carboxylic acids is 1. The second-order valence-corrected chi connectivity index (χ2v) is 3.56. The van der Waals surface area contributed by atoms with Gasteiger partial charge in [0.05, 0.1) is 23.8 Å². The van der Waals surface area contributed by atoms with Crippen molar-refractivity contribution in [3.8, 4) is 0 Å². The highest BCUT2D eigenvalue weighted by Gasteiger charge is 2.25. The topological polar surface area (TPSA) is 64.1 Å². The van der Waals surface area contributed by atoms with Gasteiger partial charge >= 0.3 is 6.09 Å². The van der Waals surface area contributed by atoms with E-state index in [1.165, 1.54) is 0 Å². The standard InChI is InChI=1S/C11H9N3O2/c15-11-13-6-10(16-11)9-5-12-7-3-1-2-4-8(7)14-9/h1-5,10H,6H2,(H,13,15). The monoisotopic (exact) mass is 215 g/mol. The number of hydrogen-bond acceptors (Lipinski definition) is 4. The number of alkyl carbamates (subject to hydrolysis) is 1. The number of carbonyl (C=O) groups is 1. The van der Waals surface area contributed by atoms with Crippen LogP contribution in [0.5, 0.6) is 0 Å². The largest absolute Gasteiger partial charge is 0.438 e. The fraction of sp³-hybridized carbons (Fsp3) is 0.182. The number of cyclic esters (lactones) is 1. The lowest BCUT2D eigenvalue weighted by Gasteiger charge is -2.06. The maximum atomic E-state index is 10.9. The molecular weight excluding hydrogens is 206 g/mol. The number of para-hydroxylation sites is 2. The molecule has 1 atom stereocenters. The molecule has 0 spiro atoms. The van der Waals surface area contributed by atoms with Crippen LogP contribution in [-0.4, -0.2) is 22.6 Å². The van der Waals surface area contributed by atoms with Gasteiger partial charge in [0.2, 0.25) is 0 Å². The summed E-state index contributed by atoms with van der Waals surface area (Å²) in [7, 11) is 0. The second kappa shape index (κ2) is 3.44. The molecule has 0 radical (unpaired) electrons. The Kier molecular flexibility index (Phi) is 1.96. The Morgan fingerprint density at radius 3 is 2.88 bits per heavy atom. The molecule has 80 valence electrons. The van der Waals surface area contributed by atoms with E-state index < -0.39 is 6.09 Å². The Bertz CT molecular complexity index is 556. The molecule has 0 bridgehead atoms. The summed E-state index contributed by atoms with van der Waals surface area (Å²) in [5.74, 6) is 0. The molecular formula is C11H9N3O2. The van der Waals surface area contributed by atoms with E-state index in [9.17, 15) is 4.79 Å². The zero-order valence-corrected chi connectivity index (χ0v) is 8.38. The van der Waals surface area contributed by atoms with Gasteiger partial charge in [0, 0.05) is 0 Å². The fourth-order valence-electron chi connectivity index (χ4n) is 1.68. The normalized spacial score (nSPS) is 19.5. The van der Waals surface area contributed by atoms with Crippen LogP contribution in [0.2, 0.25) is 0 Å². The molecule has 5 nitrogen and oxygen atoms in total. The van der Waals surface area contributed by atoms with Crippen LogP contribution in [0.15, 0.2) is 30.5 Å². The number of amides is 1. The third-order valence-electron chi connectivity index (χ3n) is 2.48. The molecule has 5 heteroatoms. The Morgan fingerprint density at radius 2 is 2.12 bits per heavy atom. The zero-order valence-electron chi connectivity index (χ0n) is 8.38. The summed E-state index contributed by atoms with van der Waals surface area (Å²) in [6.07, 6.45) is 0.914. The van der Waals surface area contributed by atoms with Crippen molar-refractivity contribution in [1.82, 2.24) is 15.3 Å². The maximum absolute atomic E-state index is 10.9. The van der Waals surface area contributed by atoms with Gasteiger partial charge in [-0.2, -0.15) is 0 Å². The van der Waals surface area contributed by atoms with Crippen molar-refractivity contribution in [2.24, 2.45) is 0 Å². The van der Waals surface area contributed by atoms with Crippen LogP contribution >= 0.6 is 0 Å². The summed E-state index contributed by atoms with van der Waals surface area (Å²) >= 11 is 0. The van der Waals surface area contributed by atoms with Crippen LogP contribution < -0.4 is 5.32 Å². The summed E-state index contributed by atoms with van der Waals surface area (Å²) < 4.78 is 5.04. The van der Waals surface area contributed by atoms with E-state index in [4.69, 9.17) is 4.74 Å². The molecule has 16 heavy (non-hydrogen) atoms. The van der Waals surface area contributed by atoms with Crippen molar-refractivity contribution in [2.45, 2.75) is 6.10 Å². The lowest BCUT2D eigenvalue weighted by atomic mass is 10.2. The Labute approximate surface area is 91.5 Å². The van der Waals surface area contributed by atoms with Gasteiger partial charge in [-0.15, -0.1) is 0 Å². The molecule has 1 aromatic heterocycles. The molecule has 1 unspecified atom stereocenters. The smallest absolute Gasteiger partial charge is 0.408 e. The number of nitrogens with one attached hydrogen (secondary N) is 1. The van der Waals surface area contributed by atoms with E-state index in [1.807, 2.05) is 24.3 Å². The van der Waals surface area contributed by atoms with E-state index in [0.29, 0.717) is 12.2 Å². The third kappa shape index (κ3) is 1.46. The van der Waals surface area contributed by atoms with E-state index >= 15 is 0 Å². The molecule has 1 aliphatic rings. The minimum absolute atomic E-state index is 0.329. The molecule has 3 rings (SSSR count). The van der Waals surface area contributed by atoms with Crippen LogP contribution in [0, 0.1) is 0 Å². The minimum atomic E-state index is -0.403. The second-order valence-electron chi connectivity index (χ2n) is 3.56. The third-order valence-corrected chi connectivity index (χ3v) is 2.48. The number of hydrogen-bond donors (Lipinski definition) is 1. The molecule has 0 saturated carbocycles. The van der Waals surface area contributed by atoms with Gasteiger partial charge in [0.15, 0.2) is 6.10 Å². The molecule has 1 aliphatic heterocycles. The van der Waals surface area contributed by atoms with Crippen molar-refractivity contribution < 1.29 is 9.53 Å². The number of fused-ring (bicyclic) bond motifs is 1. The molecule has 1 amide bonds. The molecule has 1 saturated heterocycles. The van der Waals surface area contributed by atoms with Crippen LogP contribution in [0.4, 0.5) is 4.79 Å². The van der Waals surface area contributed by atoms with Gasteiger partial charge in [-0.1, -0.05) is 12.1 Å². The van der Waals surface area contributed by atoms with Crippen molar-refractivity contribution in [3.05, 3.63) is 36.2 Å². The van der Waals surface area contributed by atoms with Crippen molar-refractivity contribution in [1.29, 1.82) is 0 Å². The van der Waals surface area contributed by atoms with Gasteiger partial charge in [-0.3, -0.25) is 4.98 Å². The quantitative estimate of drug-likeness (QED) is 0.781. The SMILES string of the molecule is O=C1NCC(c2cnc3ccccc3n2)O1. The van der Waals surface area contributed by atoms with Crippen LogP contribution in [0.1, 0.15) is 11.8 Å². The summed E-state index contributed by atoms with van der Waals surface area (Å²) in [6, 6.07) is 7.59. The molecule has 1 fully saturated rings. The Balaban J connectivity index is 2.02. The summed E-state index contributed by atoms with van der Waals surface area (Å²) in [5.41, 5.74) is 2.32. The van der Waals surface area contributed by atoms with E-state index in [2.05, 4.69) is 15.3 Å². The first kappa shape index (κ1) is 9.08. The summed E-state index contributed by atoms with van der Waals surface area (Å²) in [4.78, 5) is 19.6. The first-order chi connectivity index (χ1) is 7.83. The van der Waals surface area contributed by atoms with Gasteiger partial charge in [-0.05, 0) is 12.1 Å². The predicted molar refractivity (Wildman–Crippen MR) is 56.8 cm³/mol. The molecule has 1 N–H and O–H groups in total. The van der Waals surface area contributed by atoms with E-state index in [-0.39, 0.29) is 6.10 Å². The van der Waals surface area contributed by atoms with Crippen LogP contribution in [-0.2, 0) is 4.74 Å². The van der Waals surface area contributed by atoms with Gasteiger partial charge in [-0.25, -0.2) is 9.78 Å². The minimum Gasteiger partial charge on any atom is -0.438 e. The average molecular weight is 215 g/mol. The number of nitrogens with zero attached hydrogens (tertiary/aromatic N) is 2.